The summed E-state index contributed by atoms with van der Waals surface area (Å²) in [5.74, 6) is -0.767. The number of nitrogens with zero attached hydrogens (tertiary/aromatic N) is 3. The van der Waals surface area contributed by atoms with Gasteiger partial charge in [-0.15, -0.1) is 11.3 Å². The fraction of sp³-hybridized carbons (Fsp3) is 0.452. The SMILES string of the molecule is COc1ccc2c(O[C@@H]3C[C@H]4C(=O)C[C@]5(C(=O)O)C[C@@H]5/C=C\CCCCC[C@H](Nc5cccc(F)c5)C(=O)N4C3)cc(-c3nc(C(C)C)cs3)nc2c1C. The Morgan fingerprint density at radius 3 is 2.69 bits per heavy atom. The number of aromatic nitrogens is 2. The molecule has 1 saturated heterocycles. The lowest BCUT2D eigenvalue weighted by Crippen LogP contribution is -2.48. The van der Waals surface area contributed by atoms with E-state index >= 15 is 0 Å². The largest absolute Gasteiger partial charge is 0.496 e. The third kappa shape index (κ3) is 7.58. The number of aryl methyl sites for hydroxylation is 1. The molecular weight excluding hydrogens is 708 g/mol. The molecule has 4 aromatic rings. The quantitative estimate of drug-likeness (QED) is 0.171. The third-order valence-corrected chi connectivity index (χ3v) is 12.0. The van der Waals surface area contributed by atoms with Gasteiger partial charge in [0.2, 0.25) is 5.91 Å². The molecule has 2 aromatic carbocycles. The smallest absolute Gasteiger partial charge is 0.310 e. The van der Waals surface area contributed by atoms with Crippen molar-refractivity contribution in [2.45, 2.75) is 96.2 Å². The summed E-state index contributed by atoms with van der Waals surface area (Å²) in [6.45, 7) is 6.24. The number of allylic oxidation sites excluding steroid dienone is 2. The summed E-state index contributed by atoms with van der Waals surface area (Å²) in [4.78, 5) is 53.0. The average Bonchev–Trinajstić information content (AvgIpc) is 3.44. The first kappa shape index (κ1) is 37.5. The van der Waals surface area contributed by atoms with Gasteiger partial charge in [0.15, 0.2) is 5.78 Å². The van der Waals surface area contributed by atoms with E-state index in [0.717, 1.165) is 47.3 Å². The molecule has 1 aliphatic carbocycles. The van der Waals surface area contributed by atoms with Crippen LogP contribution >= 0.6 is 11.3 Å². The molecule has 2 aromatic heterocycles. The van der Waals surface area contributed by atoms with E-state index in [0.29, 0.717) is 41.2 Å². The highest BCUT2D eigenvalue weighted by Gasteiger charge is 2.61. The first-order valence-electron chi connectivity index (χ1n) is 18.8. The van der Waals surface area contributed by atoms with Gasteiger partial charge in [0.1, 0.15) is 40.2 Å². The van der Waals surface area contributed by atoms with Crippen LogP contribution in [0.1, 0.15) is 82.4 Å². The van der Waals surface area contributed by atoms with Crippen LogP contribution in [0.3, 0.4) is 0 Å². The number of rotatable bonds is 8. The maximum absolute atomic E-state index is 14.6. The second-order valence-corrected chi connectivity index (χ2v) is 16.1. The highest BCUT2D eigenvalue weighted by Crippen LogP contribution is 2.57. The van der Waals surface area contributed by atoms with E-state index in [4.69, 9.17) is 19.4 Å². The normalized spacial score (nSPS) is 25.4. The fourth-order valence-electron chi connectivity index (χ4n) is 7.91. The van der Waals surface area contributed by atoms with Gasteiger partial charge in [-0.25, -0.2) is 14.4 Å². The zero-order valence-electron chi connectivity index (χ0n) is 31.1. The Morgan fingerprint density at radius 1 is 1.11 bits per heavy atom. The molecular formula is C42H47FN4O6S. The molecule has 54 heavy (non-hydrogen) atoms. The maximum atomic E-state index is 14.6. The second kappa shape index (κ2) is 15.5. The number of methoxy groups -OCH3 is 1. The Balaban J connectivity index is 1.25. The molecule has 4 heterocycles. The average molecular weight is 755 g/mol. The third-order valence-electron chi connectivity index (χ3n) is 11.2. The van der Waals surface area contributed by atoms with Crippen LogP contribution in [-0.2, 0) is 14.4 Å². The summed E-state index contributed by atoms with van der Waals surface area (Å²) in [6, 6.07) is 10.0. The molecule has 7 rings (SSSR count). The number of benzene rings is 2. The number of anilines is 1. The van der Waals surface area contributed by atoms with Crippen molar-refractivity contribution in [3.8, 4) is 22.2 Å². The summed E-state index contributed by atoms with van der Waals surface area (Å²) < 4.78 is 26.7. The van der Waals surface area contributed by atoms with Crippen molar-refractivity contribution in [1.29, 1.82) is 0 Å². The molecule has 12 heteroatoms. The second-order valence-electron chi connectivity index (χ2n) is 15.2. The highest BCUT2D eigenvalue weighted by atomic mass is 32.1. The Hall–Kier alpha value is -4.84. The molecule has 5 atom stereocenters. The van der Waals surface area contributed by atoms with E-state index in [9.17, 15) is 23.9 Å². The molecule has 10 nitrogen and oxygen atoms in total. The number of hydrogen-bond acceptors (Lipinski definition) is 9. The van der Waals surface area contributed by atoms with Gasteiger partial charge >= 0.3 is 5.97 Å². The molecule has 0 bridgehead atoms. The van der Waals surface area contributed by atoms with Crippen LogP contribution in [0, 0.1) is 24.1 Å². The van der Waals surface area contributed by atoms with Crippen molar-refractivity contribution in [2.75, 3.05) is 19.0 Å². The number of carboxylic acids is 1. The van der Waals surface area contributed by atoms with Crippen LogP contribution in [0.25, 0.3) is 21.6 Å². The molecule has 1 amide bonds. The number of amides is 1. The number of Topliss-reactive ketones (excluding diaryl/α,β-unsaturated/α-hetero) is 1. The standard InChI is InChI=1S/C42H47FN4O6S/c1-24(2)33-23-54-39(46-33)32-19-37(30-15-16-36(52-4)25(3)38(30)45-32)53-29-18-34-35(48)21-42(41(50)51)20-26(42)11-8-6-5-7-9-14-31(40(49)47(34)22-29)44-28-13-10-12-27(43)17-28/h8,10-13,15-17,19,23-24,26,29,31,34,44H,5-7,9,14,18,20-22H2,1-4H3,(H,50,51)/b11-8-/t26-,29+,31-,34-,42+/m0/s1. The van der Waals surface area contributed by atoms with Crippen molar-refractivity contribution in [3.05, 3.63) is 77.1 Å². The van der Waals surface area contributed by atoms with E-state index in [1.807, 2.05) is 42.7 Å². The predicted molar refractivity (Wildman–Crippen MR) is 207 cm³/mol. The molecule has 2 N–H and O–H groups in total. The van der Waals surface area contributed by atoms with Gasteiger partial charge in [0.05, 0.1) is 36.3 Å². The number of pyridine rings is 1. The van der Waals surface area contributed by atoms with Gasteiger partial charge in [0.25, 0.3) is 0 Å². The van der Waals surface area contributed by atoms with Crippen LogP contribution in [-0.4, -0.2) is 69.5 Å². The van der Waals surface area contributed by atoms with Crippen molar-refractivity contribution in [1.82, 2.24) is 14.9 Å². The molecule has 1 saturated carbocycles. The minimum Gasteiger partial charge on any atom is -0.496 e. The van der Waals surface area contributed by atoms with Gasteiger partial charge in [-0.05, 0) is 74.8 Å². The van der Waals surface area contributed by atoms with E-state index in [2.05, 4.69) is 19.2 Å². The van der Waals surface area contributed by atoms with E-state index in [1.54, 1.807) is 24.1 Å². The summed E-state index contributed by atoms with van der Waals surface area (Å²) in [6.07, 6.45) is 7.56. The molecule has 284 valence electrons. The number of carbonyl (C=O) groups is 3. The number of thiazole rings is 1. The fourth-order valence-corrected chi connectivity index (χ4v) is 8.85. The molecule has 2 aliphatic heterocycles. The molecule has 2 fully saturated rings. The van der Waals surface area contributed by atoms with Crippen molar-refractivity contribution in [3.63, 3.8) is 0 Å². The van der Waals surface area contributed by atoms with Crippen LogP contribution in [0.15, 0.2) is 60.0 Å². The lowest BCUT2D eigenvalue weighted by molar-refractivity contribution is -0.147. The molecule has 0 unspecified atom stereocenters. The Labute approximate surface area is 318 Å². The Kier molecular flexibility index (Phi) is 10.7. The van der Waals surface area contributed by atoms with Crippen molar-refractivity contribution < 1.29 is 33.4 Å². The van der Waals surface area contributed by atoms with Gasteiger partial charge in [0, 0.05) is 40.9 Å². The molecule has 0 radical (unpaired) electrons. The van der Waals surface area contributed by atoms with E-state index in [1.165, 1.54) is 23.5 Å². The highest BCUT2D eigenvalue weighted by molar-refractivity contribution is 7.13. The van der Waals surface area contributed by atoms with Crippen molar-refractivity contribution >= 4 is 45.6 Å². The lowest BCUT2D eigenvalue weighted by Gasteiger charge is -2.29. The number of halogens is 1. The van der Waals surface area contributed by atoms with Gasteiger partial charge < -0.3 is 24.8 Å². The zero-order valence-corrected chi connectivity index (χ0v) is 32.0. The summed E-state index contributed by atoms with van der Waals surface area (Å²) >= 11 is 1.51. The topological polar surface area (TPSA) is 131 Å². The Bertz CT molecular complexity index is 2100. The first-order valence-corrected chi connectivity index (χ1v) is 19.7. The summed E-state index contributed by atoms with van der Waals surface area (Å²) in [5.41, 5.74) is 2.42. The monoisotopic (exact) mass is 754 g/mol. The van der Waals surface area contributed by atoms with Crippen molar-refractivity contribution in [2.24, 2.45) is 11.3 Å². The number of nitrogens with one attached hydrogen (secondary N) is 1. The number of carboxylic acid groups (broad SMARTS) is 1. The molecule has 0 spiro atoms. The number of hydrogen-bond donors (Lipinski definition) is 2. The number of fused-ring (bicyclic) bond motifs is 3. The van der Waals surface area contributed by atoms with Crippen LogP contribution in [0.5, 0.6) is 11.5 Å². The maximum Gasteiger partial charge on any atom is 0.310 e. The number of aliphatic carboxylic acids is 1. The summed E-state index contributed by atoms with van der Waals surface area (Å²) in [7, 11) is 1.61. The number of carbonyl (C=O) groups excluding carboxylic acids is 2. The number of ketones is 1. The van der Waals surface area contributed by atoms with E-state index < -0.39 is 35.4 Å². The first-order chi connectivity index (χ1) is 26.0. The summed E-state index contributed by atoms with van der Waals surface area (Å²) in [5, 5.41) is 17.1. The Morgan fingerprint density at radius 2 is 1.94 bits per heavy atom. The zero-order chi connectivity index (χ0) is 38.1. The van der Waals surface area contributed by atoms with E-state index in [-0.39, 0.29) is 42.9 Å². The minimum absolute atomic E-state index is 0.114. The van der Waals surface area contributed by atoms with Crippen LogP contribution < -0.4 is 14.8 Å². The number of ether oxygens (including phenoxy) is 2. The van der Waals surface area contributed by atoms with Gasteiger partial charge in [-0.1, -0.05) is 44.9 Å². The predicted octanol–water partition coefficient (Wildman–Crippen LogP) is 8.34. The van der Waals surface area contributed by atoms with Crippen LogP contribution in [0.2, 0.25) is 0 Å². The molecule has 3 aliphatic rings. The van der Waals surface area contributed by atoms with Crippen LogP contribution in [0.4, 0.5) is 10.1 Å². The van der Waals surface area contributed by atoms with Gasteiger partial charge in [-0.2, -0.15) is 0 Å². The lowest BCUT2D eigenvalue weighted by atomic mass is 9.92. The van der Waals surface area contributed by atoms with Gasteiger partial charge in [-0.3, -0.25) is 14.4 Å². The minimum atomic E-state index is -1.18.